The Labute approximate surface area is 135 Å². The molecule has 21 heavy (non-hydrogen) atoms. The Bertz CT molecular complexity index is 605. The molecule has 0 bridgehead atoms. The lowest BCUT2D eigenvalue weighted by Gasteiger charge is -2.26. The van der Waals surface area contributed by atoms with Crippen molar-refractivity contribution in [3.05, 3.63) is 76.3 Å². The van der Waals surface area contributed by atoms with Crippen LogP contribution in [0.2, 0.25) is 0 Å². The Morgan fingerprint density at radius 2 is 1.95 bits per heavy atom. The molecule has 0 fully saturated rings. The van der Waals surface area contributed by atoms with Gasteiger partial charge < -0.3 is 0 Å². The van der Waals surface area contributed by atoms with Crippen LogP contribution in [-0.4, -0.2) is 24.5 Å². The van der Waals surface area contributed by atoms with E-state index in [0.29, 0.717) is 0 Å². The van der Waals surface area contributed by atoms with Crippen LogP contribution in [-0.2, 0) is 0 Å². The summed E-state index contributed by atoms with van der Waals surface area (Å²) in [7, 11) is 0. The van der Waals surface area contributed by atoms with E-state index in [1.54, 1.807) is 0 Å². The van der Waals surface area contributed by atoms with E-state index in [1.165, 1.54) is 16.7 Å². The third-order valence-electron chi connectivity index (χ3n) is 3.96. The molecule has 2 aliphatic rings. The van der Waals surface area contributed by atoms with E-state index >= 15 is 0 Å². The molecule has 1 nitrogen and oxygen atoms in total. The van der Waals surface area contributed by atoms with E-state index in [0.717, 1.165) is 36.9 Å². The largest absolute Gasteiger partial charge is 0.295 e. The fraction of sp³-hybridized carbons (Fsp3) is 0.263. The highest BCUT2D eigenvalue weighted by Crippen LogP contribution is 2.24. The molecule has 0 radical (unpaired) electrons. The topological polar surface area (TPSA) is 3.24 Å². The average Bonchev–Trinajstić information content (AvgIpc) is 2.78. The number of hydrogen-bond acceptors (Lipinski definition) is 1. The monoisotopic (exact) mass is 341 g/mol. The van der Waals surface area contributed by atoms with Crippen molar-refractivity contribution in [2.75, 3.05) is 19.6 Å². The number of hydrogen-bond donors (Lipinski definition) is 0. The van der Waals surface area contributed by atoms with Crippen LogP contribution in [0, 0.1) is 0 Å². The van der Waals surface area contributed by atoms with E-state index in [-0.39, 0.29) is 0 Å². The lowest BCUT2D eigenvalue weighted by Crippen LogP contribution is -2.30. The summed E-state index contributed by atoms with van der Waals surface area (Å²) in [5, 5.41) is 0. The van der Waals surface area contributed by atoms with Gasteiger partial charge in [0.25, 0.3) is 0 Å². The van der Waals surface area contributed by atoms with Crippen molar-refractivity contribution in [3.63, 3.8) is 0 Å². The van der Waals surface area contributed by atoms with Crippen molar-refractivity contribution in [2.45, 2.75) is 12.8 Å². The van der Waals surface area contributed by atoms with Crippen molar-refractivity contribution in [3.8, 4) is 0 Å². The van der Waals surface area contributed by atoms with Crippen LogP contribution in [0.25, 0.3) is 5.57 Å². The third kappa shape index (κ3) is 4.05. The Morgan fingerprint density at radius 1 is 1.10 bits per heavy atom. The van der Waals surface area contributed by atoms with Gasteiger partial charge in [-0.1, -0.05) is 64.5 Å². The van der Waals surface area contributed by atoms with Crippen LogP contribution in [0.3, 0.4) is 0 Å². The smallest absolute Gasteiger partial charge is 0.0237 e. The summed E-state index contributed by atoms with van der Waals surface area (Å²) >= 11 is 3.49. The fourth-order valence-electron chi connectivity index (χ4n) is 2.77. The first-order chi connectivity index (χ1) is 10.3. The summed E-state index contributed by atoms with van der Waals surface area (Å²) in [4.78, 5) is 2.51. The van der Waals surface area contributed by atoms with Gasteiger partial charge in [0.15, 0.2) is 0 Å². The second kappa shape index (κ2) is 7.06. The van der Waals surface area contributed by atoms with E-state index in [2.05, 4.69) is 81.6 Å². The van der Waals surface area contributed by atoms with Crippen LogP contribution < -0.4 is 0 Å². The first-order valence-corrected chi connectivity index (χ1v) is 8.30. The summed E-state index contributed by atoms with van der Waals surface area (Å²) in [6.45, 7) is 3.22. The van der Waals surface area contributed by atoms with E-state index in [9.17, 15) is 0 Å². The summed E-state index contributed by atoms with van der Waals surface area (Å²) in [5.74, 6) is 0. The molecule has 0 N–H and O–H groups in total. The SMILES string of the molecule is Brc1ccc(C2=CCN(CC3=CC=CCC=C3)CC2)cc1. The highest BCUT2D eigenvalue weighted by atomic mass is 79.9. The minimum atomic E-state index is 1.04. The summed E-state index contributed by atoms with van der Waals surface area (Å²) in [5.41, 5.74) is 4.24. The van der Waals surface area contributed by atoms with Crippen molar-refractivity contribution in [1.82, 2.24) is 4.90 Å². The quantitative estimate of drug-likeness (QED) is 0.749. The molecule has 1 aliphatic carbocycles. The van der Waals surface area contributed by atoms with Crippen LogP contribution in [0.15, 0.2) is 70.8 Å². The van der Waals surface area contributed by atoms with Crippen LogP contribution in [0.1, 0.15) is 18.4 Å². The number of benzene rings is 1. The zero-order chi connectivity index (χ0) is 14.5. The molecule has 0 atom stereocenters. The molecule has 0 aromatic heterocycles. The molecule has 1 aromatic carbocycles. The minimum Gasteiger partial charge on any atom is -0.295 e. The van der Waals surface area contributed by atoms with Crippen molar-refractivity contribution in [2.24, 2.45) is 0 Å². The molecule has 108 valence electrons. The Balaban J connectivity index is 1.62. The van der Waals surface area contributed by atoms with Gasteiger partial charge in [0.1, 0.15) is 0 Å². The van der Waals surface area contributed by atoms with Crippen LogP contribution in [0.5, 0.6) is 0 Å². The molecule has 3 rings (SSSR count). The third-order valence-corrected chi connectivity index (χ3v) is 4.49. The Kier molecular flexibility index (Phi) is 4.89. The zero-order valence-electron chi connectivity index (χ0n) is 12.1. The van der Waals surface area contributed by atoms with Gasteiger partial charge in [-0.25, -0.2) is 0 Å². The molecule has 0 saturated carbocycles. The molecule has 0 saturated heterocycles. The lowest BCUT2D eigenvalue weighted by atomic mass is 9.99. The van der Waals surface area contributed by atoms with Gasteiger partial charge in [-0.3, -0.25) is 4.90 Å². The van der Waals surface area contributed by atoms with Gasteiger partial charge in [-0.2, -0.15) is 0 Å². The van der Waals surface area contributed by atoms with Gasteiger partial charge in [0, 0.05) is 24.1 Å². The molecule has 0 amide bonds. The molecule has 1 heterocycles. The molecule has 1 aliphatic heterocycles. The average molecular weight is 342 g/mol. The standard InChI is InChI=1S/C19H20BrN/c20-19-9-7-17(8-10-19)18-11-13-21(14-12-18)15-16-5-3-1-2-4-6-16/h1,3-11H,2,12-15H2. The normalized spacial score (nSPS) is 19.1. The van der Waals surface area contributed by atoms with Crippen LogP contribution >= 0.6 is 15.9 Å². The highest BCUT2D eigenvalue weighted by molar-refractivity contribution is 9.10. The van der Waals surface area contributed by atoms with Gasteiger partial charge >= 0.3 is 0 Å². The number of halogens is 1. The van der Waals surface area contributed by atoms with Gasteiger partial charge in [0.05, 0.1) is 0 Å². The Hall–Kier alpha value is -1.38. The highest BCUT2D eigenvalue weighted by Gasteiger charge is 2.13. The number of nitrogens with zero attached hydrogens (tertiary/aromatic N) is 1. The van der Waals surface area contributed by atoms with Crippen LogP contribution in [0.4, 0.5) is 0 Å². The van der Waals surface area contributed by atoms with E-state index < -0.39 is 0 Å². The summed E-state index contributed by atoms with van der Waals surface area (Å²) < 4.78 is 1.14. The second-order valence-electron chi connectivity index (χ2n) is 5.53. The predicted molar refractivity (Wildman–Crippen MR) is 94.2 cm³/mol. The maximum absolute atomic E-state index is 3.49. The summed E-state index contributed by atoms with van der Waals surface area (Å²) in [6, 6.07) is 8.64. The molecule has 2 heteroatoms. The molecule has 0 spiro atoms. The first kappa shape index (κ1) is 14.6. The van der Waals surface area contributed by atoms with Crippen molar-refractivity contribution < 1.29 is 0 Å². The molecule has 0 unspecified atom stereocenters. The molecule has 1 aromatic rings. The van der Waals surface area contributed by atoms with Crippen molar-refractivity contribution in [1.29, 1.82) is 0 Å². The van der Waals surface area contributed by atoms with Crippen molar-refractivity contribution >= 4 is 21.5 Å². The number of allylic oxidation sites excluding steroid dienone is 4. The van der Waals surface area contributed by atoms with Gasteiger partial charge in [-0.15, -0.1) is 0 Å². The van der Waals surface area contributed by atoms with Gasteiger partial charge in [0.2, 0.25) is 0 Å². The zero-order valence-corrected chi connectivity index (χ0v) is 13.7. The molecular formula is C19H20BrN. The minimum absolute atomic E-state index is 1.04. The maximum atomic E-state index is 3.49. The molecular weight excluding hydrogens is 322 g/mol. The number of rotatable bonds is 3. The van der Waals surface area contributed by atoms with E-state index in [1.807, 2.05) is 0 Å². The fourth-order valence-corrected chi connectivity index (χ4v) is 3.03. The Morgan fingerprint density at radius 3 is 2.71 bits per heavy atom. The van der Waals surface area contributed by atoms with Gasteiger partial charge in [-0.05, 0) is 41.7 Å². The van der Waals surface area contributed by atoms with E-state index in [4.69, 9.17) is 0 Å². The lowest BCUT2D eigenvalue weighted by molar-refractivity contribution is 0.329. The summed E-state index contributed by atoms with van der Waals surface area (Å²) in [6.07, 6.45) is 15.7. The maximum Gasteiger partial charge on any atom is 0.0237 e. The predicted octanol–water partition coefficient (Wildman–Crippen LogP) is 4.98. The first-order valence-electron chi connectivity index (χ1n) is 7.51. The second-order valence-corrected chi connectivity index (χ2v) is 6.44.